The molecule has 1 saturated heterocycles. The molecule has 0 amide bonds. The van der Waals surface area contributed by atoms with Gasteiger partial charge in [-0.1, -0.05) is 30.3 Å². The second-order valence-electron chi connectivity index (χ2n) is 6.05. The van der Waals surface area contributed by atoms with Crippen molar-refractivity contribution in [3.05, 3.63) is 41.4 Å². The largest absolute Gasteiger partial charge is 0.378 e. The third-order valence-electron chi connectivity index (χ3n) is 4.36. The Labute approximate surface area is 176 Å². The Bertz CT molecular complexity index is 684. The fraction of sp³-hybridized carbons (Fsp3) is 0.474. The van der Waals surface area contributed by atoms with Crippen LogP contribution >= 0.6 is 35.3 Å². The number of rotatable bonds is 5. The van der Waals surface area contributed by atoms with Gasteiger partial charge in [0.15, 0.2) is 5.96 Å². The number of nitrogens with zero attached hydrogens (tertiary/aromatic N) is 3. The molecule has 1 aromatic carbocycles. The average molecular weight is 486 g/mol. The highest BCUT2D eigenvalue weighted by Crippen LogP contribution is 2.23. The lowest BCUT2D eigenvalue weighted by atomic mass is 10.1. The van der Waals surface area contributed by atoms with Crippen molar-refractivity contribution in [2.45, 2.75) is 32.4 Å². The number of likely N-dealkylation sites (tertiary alicyclic amines) is 1. The zero-order valence-electron chi connectivity index (χ0n) is 15.4. The van der Waals surface area contributed by atoms with Crippen LogP contribution in [0.4, 0.5) is 0 Å². The molecule has 26 heavy (non-hydrogen) atoms. The molecule has 0 saturated carbocycles. The lowest BCUT2D eigenvalue weighted by molar-refractivity contribution is 0.0263. The number of nitrogens with one attached hydrogen (secondary N) is 1. The SMILES string of the molecule is CCOC1CCN(C(=NC)NCc2csc(-c3ccccc3)n2)CC1.I. The first-order valence-electron chi connectivity index (χ1n) is 8.87. The van der Waals surface area contributed by atoms with Gasteiger partial charge >= 0.3 is 0 Å². The number of aromatic nitrogens is 1. The molecule has 3 rings (SSSR count). The summed E-state index contributed by atoms with van der Waals surface area (Å²) < 4.78 is 5.72. The molecule has 0 unspecified atom stereocenters. The number of thiazole rings is 1. The fourth-order valence-electron chi connectivity index (χ4n) is 3.07. The van der Waals surface area contributed by atoms with E-state index in [0.717, 1.165) is 49.2 Å². The van der Waals surface area contributed by atoms with Gasteiger partial charge in [0.1, 0.15) is 5.01 Å². The van der Waals surface area contributed by atoms with E-state index in [0.29, 0.717) is 12.6 Å². The molecule has 2 aromatic rings. The minimum atomic E-state index is 0. The molecule has 7 heteroatoms. The van der Waals surface area contributed by atoms with E-state index in [2.05, 4.69) is 39.6 Å². The molecule has 5 nitrogen and oxygen atoms in total. The zero-order valence-corrected chi connectivity index (χ0v) is 18.5. The van der Waals surface area contributed by atoms with Gasteiger partial charge in [-0.3, -0.25) is 4.99 Å². The van der Waals surface area contributed by atoms with Gasteiger partial charge in [-0.05, 0) is 19.8 Å². The van der Waals surface area contributed by atoms with Crippen LogP contribution in [-0.2, 0) is 11.3 Å². The van der Waals surface area contributed by atoms with Crippen LogP contribution in [0.15, 0.2) is 40.7 Å². The molecule has 0 atom stereocenters. The summed E-state index contributed by atoms with van der Waals surface area (Å²) in [6, 6.07) is 10.3. The van der Waals surface area contributed by atoms with Crippen molar-refractivity contribution in [1.29, 1.82) is 0 Å². The van der Waals surface area contributed by atoms with Gasteiger partial charge in [0.2, 0.25) is 0 Å². The van der Waals surface area contributed by atoms with Crippen molar-refractivity contribution in [2.24, 2.45) is 4.99 Å². The van der Waals surface area contributed by atoms with E-state index in [4.69, 9.17) is 9.72 Å². The number of ether oxygens (including phenoxy) is 1. The Morgan fingerprint density at radius 2 is 2.04 bits per heavy atom. The first-order valence-corrected chi connectivity index (χ1v) is 9.75. The van der Waals surface area contributed by atoms with E-state index in [1.54, 1.807) is 11.3 Å². The molecular formula is C19H27IN4OS. The fourth-order valence-corrected chi connectivity index (χ4v) is 3.90. The molecule has 1 aliphatic rings. The molecule has 1 fully saturated rings. The van der Waals surface area contributed by atoms with Gasteiger partial charge in [0, 0.05) is 37.7 Å². The molecule has 0 spiro atoms. The first-order chi connectivity index (χ1) is 12.3. The van der Waals surface area contributed by atoms with E-state index in [1.165, 1.54) is 5.56 Å². The van der Waals surface area contributed by atoms with Gasteiger partial charge in [0.25, 0.3) is 0 Å². The van der Waals surface area contributed by atoms with Crippen LogP contribution in [0.5, 0.6) is 0 Å². The smallest absolute Gasteiger partial charge is 0.193 e. The number of hydrogen-bond donors (Lipinski definition) is 1. The van der Waals surface area contributed by atoms with E-state index in [9.17, 15) is 0 Å². The number of benzene rings is 1. The van der Waals surface area contributed by atoms with Crippen molar-refractivity contribution >= 4 is 41.3 Å². The maximum Gasteiger partial charge on any atom is 0.193 e. The van der Waals surface area contributed by atoms with Crippen molar-refractivity contribution < 1.29 is 4.74 Å². The summed E-state index contributed by atoms with van der Waals surface area (Å²) in [5, 5.41) is 6.62. The summed E-state index contributed by atoms with van der Waals surface area (Å²) in [6.07, 6.45) is 2.51. The van der Waals surface area contributed by atoms with Crippen LogP contribution in [0, 0.1) is 0 Å². The third kappa shape index (κ3) is 5.65. The Morgan fingerprint density at radius 1 is 1.31 bits per heavy atom. The van der Waals surface area contributed by atoms with E-state index in [1.807, 2.05) is 25.2 Å². The topological polar surface area (TPSA) is 49.8 Å². The summed E-state index contributed by atoms with van der Waals surface area (Å²) in [5.41, 5.74) is 2.22. The molecule has 0 bridgehead atoms. The number of aliphatic imine (C=N–C) groups is 1. The van der Waals surface area contributed by atoms with Crippen LogP contribution in [0.1, 0.15) is 25.5 Å². The third-order valence-corrected chi connectivity index (χ3v) is 5.30. The average Bonchev–Trinajstić information content (AvgIpc) is 3.13. The number of halogens is 1. The van der Waals surface area contributed by atoms with Crippen LogP contribution < -0.4 is 5.32 Å². The quantitative estimate of drug-likeness (QED) is 0.395. The molecule has 0 aliphatic carbocycles. The van der Waals surface area contributed by atoms with Gasteiger partial charge in [-0.25, -0.2) is 4.98 Å². The highest BCUT2D eigenvalue weighted by molar-refractivity contribution is 14.0. The number of guanidine groups is 1. The summed E-state index contributed by atoms with van der Waals surface area (Å²) in [7, 11) is 1.84. The molecule has 0 radical (unpaired) electrons. The Kier molecular flexibility index (Phi) is 8.80. The highest BCUT2D eigenvalue weighted by Gasteiger charge is 2.21. The van der Waals surface area contributed by atoms with Crippen LogP contribution in [-0.4, -0.2) is 48.7 Å². The van der Waals surface area contributed by atoms with Crippen LogP contribution in [0.2, 0.25) is 0 Å². The first kappa shape index (κ1) is 21.1. The van der Waals surface area contributed by atoms with E-state index in [-0.39, 0.29) is 24.0 Å². The van der Waals surface area contributed by atoms with Gasteiger partial charge in [-0.15, -0.1) is 35.3 Å². The van der Waals surface area contributed by atoms with Crippen LogP contribution in [0.25, 0.3) is 10.6 Å². The molecule has 1 aliphatic heterocycles. The van der Waals surface area contributed by atoms with Gasteiger partial charge < -0.3 is 15.0 Å². The maximum absolute atomic E-state index is 5.72. The minimum absolute atomic E-state index is 0. The van der Waals surface area contributed by atoms with Crippen molar-refractivity contribution in [2.75, 3.05) is 26.7 Å². The minimum Gasteiger partial charge on any atom is -0.378 e. The van der Waals surface area contributed by atoms with E-state index >= 15 is 0 Å². The monoisotopic (exact) mass is 486 g/mol. The predicted octanol–water partition coefficient (Wildman–Crippen LogP) is 4.00. The Morgan fingerprint density at radius 3 is 2.69 bits per heavy atom. The molecule has 142 valence electrons. The summed E-state index contributed by atoms with van der Waals surface area (Å²) in [5.74, 6) is 0.948. The molecule has 1 aromatic heterocycles. The lowest BCUT2D eigenvalue weighted by Crippen LogP contribution is -2.46. The summed E-state index contributed by atoms with van der Waals surface area (Å²) in [6.45, 7) is 5.52. The molecule has 2 heterocycles. The molecule has 1 N–H and O–H groups in total. The summed E-state index contributed by atoms with van der Waals surface area (Å²) >= 11 is 1.68. The van der Waals surface area contributed by atoms with E-state index < -0.39 is 0 Å². The van der Waals surface area contributed by atoms with Crippen molar-refractivity contribution in [3.8, 4) is 10.6 Å². The second-order valence-corrected chi connectivity index (χ2v) is 6.91. The highest BCUT2D eigenvalue weighted by atomic mass is 127. The van der Waals surface area contributed by atoms with Crippen LogP contribution in [0.3, 0.4) is 0 Å². The zero-order chi connectivity index (χ0) is 17.5. The Balaban J connectivity index is 0.00000243. The second kappa shape index (κ2) is 10.8. The van der Waals surface area contributed by atoms with Gasteiger partial charge in [0.05, 0.1) is 18.3 Å². The lowest BCUT2D eigenvalue weighted by Gasteiger charge is -2.33. The van der Waals surface area contributed by atoms with Gasteiger partial charge in [-0.2, -0.15) is 0 Å². The van der Waals surface area contributed by atoms with Crippen molar-refractivity contribution in [3.63, 3.8) is 0 Å². The standard InChI is InChI=1S/C19H26N4OS.HI/c1-3-24-17-9-11-23(12-10-17)19(20-2)21-13-16-14-25-18(22-16)15-7-5-4-6-8-15;/h4-8,14,17H,3,9-13H2,1-2H3,(H,20,21);1H. The molecular weight excluding hydrogens is 459 g/mol. The normalized spacial score (nSPS) is 15.6. The number of hydrogen-bond acceptors (Lipinski definition) is 4. The maximum atomic E-state index is 5.72. The Hall–Kier alpha value is -1.19. The van der Waals surface area contributed by atoms with Crippen molar-refractivity contribution in [1.82, 2.24) is 15.2 Å². The predicted molar refractivity (Wildman–Crippen MR) is 119 cm³/mol. The summed E-state index contributed by atoms with van der Waals surface area (Å²) in [4.78, 5) is 11.5. The number of piperidine rings is 1.